The average Bonchev–Trinajstić information content (AvgIpc) is 2.41. The summed E-state index contributed by atoms with van der Waals surface area (Å²) < 4.78 is 26.6. The fourth-order valence-electron chi connectivity index (χ4n) is 1.50. The highest BCUT2D eigenvalue weighted by Gasteiger charge is 2.19. The van der Waals surface area contributed by atoms with Gasteiger partial charge in [0.2, 0.25) is 10.0 Å². The number of nitrogens with zero attached hydrogens (tertiary/aromatic N) is 1. The minimum absolute atomic E-state index is 0.0492. The lowest BCUT2D eigenvalue weighted by molar-refractivity contribution is 0.462. The van der Waals surface area contributed by atoms with Crippen LogP contribution in [0.5, 0.6) is 5.75 Å². The zero-order valence-electron chi connectivity index (χ0n) is 10.0. The van der Waals surface area contributed by atoms with E-state index in [0.717, 1.165) is 0 Å². The first kappa shape index (κ1) is 15.1. The summed E-state index contributed by atoms with van der Waals surface area (Å²) in [6, 6.07) is 7.29. The van der Waals surface area contributed by atoms with E-state index in [1.165, 1.54) is 30.5 Å². The predicted molar refractivity (Wildman–Crippen MR) is 76.4 cm³/mol. The third-order valence-corrected chi connectivity index (χ3v) is 4.88. The second-order valence-electron chi connectivity index (χ2n) is 3.85. The Labute approximate surface area is 126 Å². The minimum Gasteiger partial charge on any atom is -0.506 e. The maximum atomic E-state index is 12.1. The highest BCUT2D eigenvalue weighted by molar-refractivity contribution is 7.89. The number of aromatic nitrogens is 1. The maximum Gasteiger partial charge on any atom is 0.242 e. The van der Waals surface area contributed by atoms with Crippen molar-refractivity contribution in [1.82, 2.24) is 9.71 Å². The van der Waals surface area contributed by atoms with Gasteiger partial charge in [-0.2, -0.15) is 0 Å². The molecular weight excluding hydrogens is 323 g/mol. The molecule has 5 nitrogen and oxygen atoms in total. The van der Waals surface area contributed by atoms with Gasteiger partial charge in [-0.1, -0.05) is 29.3 Å². The molecule has 0 aliphatic carbocycles. The zero-order valence-corrected chi connectivity index (χ0v) is 12.4. The Hall–Kier alpha value is -1.34. The fourth-order valence-corrected chi connectivity index (χ4v) is 3.25. The van der Waals surface area contributed by atoms with Crippen molar-refractivity contribution in [3.05, 3.63) is 52.3 Å². The van der Waals surface area contributed by atoms with Crippen LogP contribution < -0.4 is 4.72 Å². The number of aromatic hydroxyl groups is 1. The lowest BCUT2D eigenvalue weighted by Crippen LogP contribution is -2.24. The van der Waals surface area contributed by atoms with Crippen LogP contribution in [0.3, 0.4) is 0 Å². The number of benzene rings is 1. The van der Waals surface area contributed by atoms with Gasteiger partial charge in [0, 0.05) is 6.20 Å². The summed E-state index contributed by atoms with van der Waals surface area (Å²) in [6.07, 6.45) is 1.45. The van der Waals surface area contributed by atoms with Crippen molar-refractivity contribution in [3.8, 4) is 5.75 Å². The van der Waals surface area contributed by atoms with Crippen LogP contribution in [0.1, 0.15) is 5.69 Å². The highest BCUT2D eigenvalue weighted by Crippen LogP contribution is 2.28. The smallest absolute Gasteiger partial charge is 0.242 e. The quantitative estimate of drug-likeness (QED) is 0.901. The third-order valence-electron chi connectivity index (χ3n) is 2.50. The normalized spacial score (nSPS) is 11.5. The van der Waals surface area contributed by atoms with Gasteiger partial charge in [-0.25, -0.2) is 13.1 Å². The third kappa shape index (κ3) is 3.21. The van der Waals surface area contributed by atoms with E-state index >= 15 is 0 Å². The van der Waals surface area contributed by atoms with Gasteiger partial charge < -0.3 is 5.11 Å². The molecular formula is C12H10Cl2N2O3S. The Balaban J connectivity index is 2.24. The number of hydrogen-bond acceptors (Lipinski definition) is 4. The number of hydrogen-bond donors (Lipinski definition) is 2. The summed E-state index contributed by atoms with van der Waals surface area (Å²) in [5.74, 6) is -0.0904. The number of sulfonamides is 1. The molecule has 0 radical (unpaired) electrons. The molecule has 1 aromatic heterocycles. The maximum absolute atomic E-state index is 12.1. The number of pyridine rings is 1. The van der Waals surface area contributed by atoms with Crippen LogP contribution in [-0.4, -0.2) is 18.5 Å². The summed E-state index contributed by atoms with van der Waals surface area (Å²) in [4.78, 5) is 3.76. The summed E-state index contributed by atoms with van der Waals surface area (Å²) in [7, 11) is -3.85. The number of halogens is 2. The van der Waals surface area contributed by atoms with Gasteiger partial charge in [-0.05, 0) is 24.3 Å². The first-order chi connectivity index (χ1) is 9.42. The van der Waals surface area contributed by atoms with Gasteiger partial charge in [0.25, 0.3) is 0 Å². The van der Waals surface area contributed by atoms with E-state index in [4.69, 9.17) is 23.2 Å². The molecule has 0 aliphatic heterocycles. The first-order valence-corrected chi connectivity index (χ1v) is 7.72. The summed E-state index contributed by atoms with van der Waals surface area (Å²) in [5.41, 5.74) is 0.217. The van der Waals surface area contributed by atoms with Crippen LogP contribution >= 0.6 is 23.2 Å². The van der Waals surface area contributed by atoms with Gasteiger partial charge in [-0.15, -0.1) is 0 Å². The van der Waals surface area contributed by atoms with Crippen molar-refractivity contribution in [2.45, 2.75) is 11.4 Å². The molecule has 0 aliphatic rings. The van der Waals surface area contributed by atoms with Crippen LogP contribution in [0.4, 0.5) is 0 Å². The molecule has 0 spiro atoms. The van der Waals surface area contributed by atoms with Crippen molar-refractivity contribution < 1.29 is 13.5 Å². The molecule has 0 bridgehead atoms. The molecule has 0 saturated carbocycles. The standard InChI is InChI=1S/C12H10Cl2N2O3S/c13-8-3-1-5-11(12(8)14)20(18,19)16-7-9-10(17)4-2-6-15-9/h1-6,16-17H,7H2. The second kappa shape index (κ2) is 5.97. The van der Waals surface area contributed by atoms with Crippen LogP contribution in [0.15, 0.2) is 41.4 Å². The van der Waals surface area contributed by atoms with Crippen LogP contribution in [0, 0.1) is 0 Å². The zero-order chi connectivity index (χ0) is 14.8. The first-order valence-electron chi connectivity index (χ1n) is 5.48. The summed E-state index contributed by atoms with van der Waals surface area (Å²) >= 11 is 11.7. The van der Waals surface area contributed by atoms with Crippen LogP contribution in [0.2, 0.25) is 10.0 Å². The molecule has 106 valence electrons. The number of nitrogens with one attached hydrogen (secondary N) is 1. The largest absolute Gasteiger partial charge is 0.506 e. The predicted octanol–water partition coefficient (Wildman–Crippen LogP) is 2.57. The molecule has 2 aromatic rings. The molecule has 1 heterocycles. The van der Waals surface area contributed by atoms with Crippen LogP contribution in [-0.2, 0) is 16.6 Å². The van der Waals surface area contributed by atoms with Gasteiger partial charge in [0.05, 0.1) is 22.3 Å². The average molecular weight is 333 g/mol. The SMILES string of the molecule is O=S(=O)(NCc1ncccc1O)c1cccc(Cl)c1Cl. The van der Waals surface area contributed by atoms with E-state index in [0.29, 0.717) is 0 Å². The molecule has 0 amide bonds. The Morgan fingerprint density at radius 3 is 2.65 bits per heavy atom. The van der Waals surface area contributed by atoms with Crippen molar-refractivity contribution in [2.24, 2.45) is 0 Å². The van der Waals surface area contributed by atoms with Crippen molar-refractivity contribution in [3.63, 3.8) is 0 Å². The Morgan fingerprint density at radius 2 is 1.95 bits per heavy atom. The highest BCUT2D eigenvalue weighted by atomic mass is 35.5. The van der Waals surface area contributed by atoms with E-state index in [9.17, 15) is 13.5 Å². The molecule has 0 atom stereocenters. The molecule has 2 N–H and O–H groups in total. The molecule has 8 heteroatoms. The lowest BCUT2D eigenvalue weighted by atomic mass is 10.3. The molecule has 0 unspecified atom stereocenters. The van der Waals surface area contributed by atoms with Gasteiger partial charge >= 0.3 is 0 Å². The lowest BCUT2D eigenvalue weighted by Gasteiger charge is -2.09. The Bertz CT molecular complexity index is 735. The molecule has 0 saturated heterocycles. The molecule has 2 rings (SSSR count). The van der Waals surface area contributed by atoms with E-state index in [1.54, 1.807) is 6.07 Å². The second-order valence-corrected chi connectivity index (χ2v) is 6.37. The summed E-state index contributed by atoms with van der Waals surface area (Å²) in [6.45, 7) is -0.155. The van der Waals surface area contributed by atoms with E-state index in [-0.39, 0.29) is 32.9 Å². The van der Waals surface area contributed by atoms with E-state index in [2.05, 4.69) is 9.71 Å². The summed E-state index contributed by atoms with van der Waals surface area (Å²) in [5, 5.41) is 9.63. The van der Waals surface area contributed by atoms with Crippen molar-refractivity contribution >= 4 is 33.2 Å². The topological polar surface area (TPSA) is 79.3 Å². The minimum atomic E-state index is -3.85. The monoisotopic (exact) mass is 332 g/mol. The molecule has 20 heavy (non-hydrogen) atoms. The Kier molecular flexibility index (Phi) is 4.49. The molecule has 0 fully saturated rings. The van der Waals surface area contributed by atoms with E-state index < -0.39 is 10.0 Å². The van der Waals surface area contributed by atoms with Crippen molar-refractivity contribution in [2.75, 3.05) is 0 Å². The van der Waals surface area contributed by atoms with Gasteiger partial charge in [0.1, 0.15) is 10.6 Å². The molecule has 1 aromatic carbocycles. The van der Waals surface area contributed by atoms with E-state index in [1.807, 2.05) is 0 Å². The fraction of sp³-hybridized carbons (Fsp3) is 0.0833. The van der Waals surface area contributed by atoms with Gasteiger partial charge in [-0.3, -0.25) is 4.98 Å². The number of rotatable bonds is 4. The Morgan fingerprint density at radius 1 is 1.20 bits per heavy atom. The van der Waals surface area contributed by atoms with Gasteiger partial charge in [0.15, 0.2) is 0 Å². The van der Waals surface area contributed by atoms with Crippen LogP contribution in [0.25, 0.3) is 0 Å². The van der Waals surface area contributed by atoms with Crippen molar-refractivity contribution in [1.29, 1.82) is 0 Å².